The third-order valence-corrected chi connectivity index (χ3v) is 3.29. The molecule has 0 radical (unpaired) electrons. The average Bonchev–Trinajstić information content (AvgIpc) is 2.85. The first kappa shape index (κ1) is 13.9. The molecule has 2 N–H and O–H groups in total. The van der Waals surface area contributed by atoms with Crippen molar-refractivity contribution in [1.29, 1.82) is 0 Å². The van der Waals surface area contributed by atoms with Gasteiger partial charge in [0.05, 0.1) is 23.2 Å². The Morgan fingerprint density at radius 3 is 2.36 bits per heavy atom. The highest BCUT2D eigenvalue weighted by atomic mass is 16.1. The van der Waals surface area contributed by atoms with E-state index in [2.05, 4.69) is 15.6 Å². The minimum absolute atomic E-state index is 0.123. The van der Waals surface area contributed by atoms with Crippen LogP contribution in [0.15, 0.2) is 70.6 Å². The summed E-state index contributed by atoms with van der Waals surface area (Å²) in [5, 5.41) is 7.20. The summed E-state index contributed by atoms with van der Waals surface area (Å²) in [4.78, 5) is 12.4. The lowest BCUT2D eigenvalue weighted by Gasteiger charge is -1.99. The first-order chi connectivity index (χ1) is 10.8. The first-order valence-corrected chi connectivity index (χ1v) is 6.97. The molecule has 0 saturated carbocycles. The fraction of sp³-hybridized carbons (Fsp3) is 0.0588. The molecule has 3 rings (SSSR count). The summed E-state index contributed by atoms with van der Waals surface area (Å²) < 4.78 is 1.51. The lowest BCUT2D eigenvalue weighted by atomic mass is 10.3. The van der Waals surface area contributed by atoms with Crippen molar-refractivity contribution in [2.45, 2.75) is 6.92 Å². The molecule has 1 heterocycles. The molecule has 0 aliphatic heterocycles. The molecule has 0 fully saturated rings. The number of nitrogens with one attached hydrogen (secondary N) is 2. The number of benzene rings is 2. The van der Waals surface area contributed by atoms with E-state index >= 15 is 0 Å². The molecular formula is C17H16N4O. The van der Waals surface area contributed by atoms with Gasteiger partial charge in [-0.05, 0) is 31.2 Å². The van der Waals surface area contributed by atoms with E-state index in [1.807, 2.05) is 67.6 Å². The van der Waals surface area contributed by atoms with Crippen molar-refractivity contribution in [1.82, 2.24) is 9.78 Å². The molecule has 0 bridgehead atoms. The zero-order chi connectivity index (χ0) is 15.4. The smallest absolute Gasteiger partial charge is 0.280 e. The van der Waals surface area contributed by atoms with Gasteiger partial charge < -0.3 is 0 Å². The van der Waals surface area contributed by atoms with Gasteiger partial charge in [-0.3, -0.25) is 15.3 Å². The number of rotatable bonds is 4. The Morgan fingerprint density at radius 2 is 1.68 bits per heavy atom. The molecule has 3 aromatic rings. The number of hydrazone groups is 1. The summed E-state index contributed by atoms with van der Waals surface area (Å²) in [5.74, 6) is 0. The minimum atomic E-state index is -0.123. The summed E-state index contributed by atoms with van der Waals surface area (Å²) in [5.41, 5.74) is 5.75. The van der Waals surface area contributed by atoms with Crippen molar-refractivity contribution in [2.75, 3.05) is 5.43 Å². The fourth-order valence-electron chi connectivity index (χ4n) is 2.15. The third-order valence-electron chi connectivity index (χ3n) is 3.29. The number of aryl methyl sites for hydroxylation is 1. The maximum Gasteiger partial charge on any atom is 0.280 e. The van der Waals surface area contributed by atoms with E-state index in [9.17, 15) is 4.79 Å². The SMILES string of the molecule is Cc1[nH]n(-c2ccccc2)c(=O)c1/C=N/Nc1ccccc1. The van der Waals surface area contributed by atoms with Crippen LogP contribution in [0.25, 0.3) is 5.69 Å². The molecule has 0 saturated heterocycles. The van der Waals surface area contributed by atoms with Crippen LogP contribution in [0, 0.1) is 6.92 Å². The first-order valence-electron chi connectivity index (χ1n) is 6.97. The molecule has 0 aliphatic carbocycles. The maximum absolute atomic E-state index is 12.4. The van der Waals surface area contributed by atoms with E-state index in [0.717, 1.165) is 17.1 Å². The Labute approximate surface area is 127 Å². The largest absolute Gasteiger partial charge is 0.295 e. The van der Waals surface area contributed by atoms with Crippen molar-refractivity contribution >= 4 is 11.9 Å². The maximum atomic E-state index is 12.4. The van der Waals surface area contributed by atoms with Crippen LogP contribution in [0.5, 0.6) is 0 Å². The molecule has 5 nitrogen and oxygen atoms in total. The predicted molar refractivity (Wildman–Crippen MR) is 88.8 cm³/mol. The molecule has 0 amide bonds. The Kier molecular flexibility index (Phi) is 3.87. The molecule has 22 heavy (non-hydrogen) atoms. The third kappa shape index (κ3) is 2.83. The highest BCUT2D eigenvalue weighted by molar-refractivity contribution is 5.81. The van der Waals surface area contributed by atoms with Crippen molar-refractivity contribution in [3.63, 3.8) is 0 Å². The van der Waals surface area contributed by atoms with Crippen LogP contribution in [0.1, 0.15) is 11.3 Å². The average molecular weight is 292 g/mol. The van der Waals surface area contributed by atoms with Gasteiger partial charge in [-0.2, -0.15) is 5.10 Å². The minimum Gasteiger partial charge on any atom is -0.295 e. The number of para-hydroxylation sites is 2. The van der Waals surface area contributed by atoms with E-state index < -0.39 is 0 Å². The van der Waals surface area contributed by atoms with Gasteiger partial charge in [-0.1, -0.05) is 36.4 Å². The Bertz CT molecular complexity index is 832. The molecular weight excluding hydrogens is 276 g/mol. The molecule has 5 heteroatoms. The van der Waals surface area contributed by atoms with Crippen LogP contribution in [0.4, 0.5) is 5.69 Å². The summed E-state index contributed by atoms with van der Waals surface area (Å²) in [6, 6.07) is 19.0. The van der Waals surface area contributed by atoms with Crippen LogP contribution in [0.3, 0.4) is 0 Å². The quantitative estimate of drug-likeness (QED) is 0.573. The molecule has 0 aliphatic rings. The van der Waals surface area contributed by atoms with Gasteiger partial charge in [0.1, 0.15) is 0 Å². The van der Waals surface area contributed by atoms with E-state index in [1.54, 1.807) is 6.21 Å². The normalized spacial score (nSPS) is 11.0. The number of aromatic nitrogens is 2. The Hall–Kier alpha value is -3.08. The summed E-state index contributed by atoms with van der Waals surface area (Å²) in [6.45, 7) is 1.85. The number of H-pyrrole nitrogens is 1. The standard InChI is InChI=1S/C17H16N4O/c1-13-16(12-18-19-14-8-4-2-5-9-14)17(22)21(20-13)15-10-6-3-7-11-15/h2-12,19-20H,1H3/b18-12+. The molecule has 2 aromatic carbocycles. The summed E-state index contributed by atoms with van der Waals surface area (Å²) in [6.07, 6.45) is 1.54. The highest BCUT2D eigenvalue weighted by Crippen LogP contribution is 2.07. The molecule has 0 spiro atoms. The second-order valence-electron chi connectivity index (χ2n) is 4.86. The van der Waals surface area contributed by atoms with Gasteiger partial charge in [-0.15, -0.1) is 0 Å². The van der Waals surface area contributed by atoms with Crippen LogP contribution in [-0.4, -0.2) is 16.0 Å². The van der Waals surface area contributed by atoms with Crippen molar-refractivity contribution in [3.05, 3.63) is 82.3 Å². The van der Waals surface area contributed by atoms with Gasteiger partial charge in [0, 0.05) is 5.69 Å². The van der Waals surface area contributed by atoms with E-state index in [0.29, 0.717) is 5.56 Å². The van der Waals surface area contributed by atoms with E-state index in [4.69, 9.17) is 0 Å². The number of nitrogens with zero attached hydrogens (tertiary/aromatic N) is 2. The van der Waals surface area contributed by atoms with Gasteiger partial charge in [0.15, 0.2) is 0 Å². The van der Waals surface area contributed by atoms with E-state index in [1.165, 1.54) is 4.68 Å². The fourth-order valence-corrected chi connectivity index (χ4v) is 2.15. The number of anilines is 1. The predicted octanol–water partition coefficient (Wildman–Crippen LogP) is 2.92. The lowest BCUT2D eigenvalue weighted by molar-refractivity contribution is 0.835. The number of aromatic amines is 1. The summed E-state index contributed by atoms with van der Waals surface area (Å²) >= 11 is 0. The molecule has 0 unspecified atom stereocenters. The van der Waals surface area contributed by atoms with Crippen LogP contribution in [-0.2, 0) is 0 Å². The second-order valence-corrected chi connectivity index (χ2v) is 4.86. The van der Waals surface area contributed by atoms with Crippen molar-refractivity contribution in [2.24, 2.45) is 5.10 Å². The lowest BCUT2D eigenvalue weighted by Crippen LogP contribution is -2.17. The van der Waals surface area contributed by atoms with Gasteiger partial charge in [-0.25, -0.2) is 4.68 Å². The van der Waals surface area contributed by atoms with Gasteiger partial charge >= 0.3 is 0 Å². The monoisotopic (exact) mass is 292 g/mol. The van der Waals surface area contributed by atoms with Crippen molar-refractivity contribution in [3.8, 4) is 5.69 Å². The van der Waals surface area contributed by atoms with E-state index in [-0.39, 0.29) is 5.56 Å². The zero-order valence-corrected chi connectivity index (χ0v) is 12.2. The molecule has 110 valence electrons. The topological polar surface area (TPSA) is 62.2 Å². The van der Waals surface area contributed by atoms with Crippen LogP contribution < -0.4 is 11.0 Å². The second kappa shape index (κ2) is 6.13. The van der Waals surface area contributed by atoms with Gasteiger partial charge in [0.25, 0.3) is 5.56 Å². The Morgan fingerprint density at radius 1 is 1.05 bits per heavy atom. The number of hydrogen-bond donors (Lipinski definition) is 2. The van der Waals surface area contributed by atoms with Crippen molar-refractivity contribution < 1.29 is 0 Å². The Balaban J connectivity index is 1.86. The number of hydrogen-bond acceptors (Lipinski definition) is 3. The van der Waals surface area contributed by atoms with Crippen LogP contribution in [0.2, 0.25) is 0 Å². The molecule has 0 atom stereocenters. The summed E-state index contributed by atoms with van der Waals surface area (Å²) in [7, 11) is 0. The highest BCUT2D eigenvalue weighted by Gasteiger charge is 2.10. The molecule has 1 aromatic heterocycles. The zero-order valence-electron chi connectivity index (χ0n) is 12.2. The van der Waals surface area contributed by atoms with Gasteiger partial charge in [0.2, 0.25) is 0 Å². The van der Waals surface area contributed by atoms with Crippen LogP contribution >= 0.6 is 0 Å².